The Hall–Kier alpha value is -2.61. The van der Waals surface area contributed by atoms with E-state index in [2.05, 4.69) is 27.8 Å². The summed E-state index contributed by atoms with van der Waals surface area (Å²) in [6.45, 7) is 9.04. The predicted octanol–water partition coefficient (Wildman–Crippen LogP) is 1.85. The van der Waals surface area contributed by atoms with Gasteiger partial charge < -0.3 is 20.9 Å². The number of likely N-dealkylation sites (tertiary alicyclic amines) is 2. The minimum absolute atomic E-state index is 0.0494. The van der Waals surface area contributed by atoms with Gasteiger partial charge in [-0.1, -0.05) is 13.0 Å². The third-order valence-corrected chi connectivity index (χ3v) is 7.28. The second-order valence-corrected chi connectivity index (χ2v) is 9.39. The van der Waals surface area contributed by atoms with Crippen molar-refractivity contribution < 1.29 is 14.4 Å². The van der Waals surface area contributed by atoms with Gasteiger partial charge in [0, 0.05) is 37.7 Å². The molecule has 8 nitrogen and oxygen atoms in total. The van der Waals surface area contributed by atoms with Crippen molar-refractivity contribution >= 4 is 23.4 Å². The Labute approximate surface area is 190 Å². The molecule has 8 heteroatoms. The van der Waals surface area contributed by atoms with Crippen LogP contribution in [0.15, 0.2) is 18.2 Å². The van der Waals surface area contributed by atoms with Gasteiger partial charge in [-0.3, -0.25) is 19.3 Å². The highest BCUT2D eigenvalue weighted by molar-refractivity contribution is 6.02. The first kappa shape index (κ1) is 22.6. The molecule has 3 heterocycles. The molecule has 3 aliphatic heterocycles. The van der Waals surface area contributed by atoms with Crippen LogP contribution in [0.5, 0.6) is 0 Å². The van der Waals surface area contributed by atoms with E-state index in [1.165, 1.54) is 0 Å². The van der Waals surface area contributed by atoms with Gasteiger partial charge in [0.25, 0.3) is 5.91 Å². The highest BCUT2D eigenvalue weighted by atomic mass is 16.2. The van der Waals surface area contributed by atoms with E-state index >= 15 is 0 Å². The number of nitrogens with one attached hydrogen (secondary N) is 3. The predicted molar refractivity (Wildman–Crippen MR) is 123 cm³/mol. The van der Waals surface area contributed by atoms with Crippen LogP contribution in [-0.2, 0) is 9.59 Å². The first-order valence-electron chi connectivity index (χ1n) is 11.8. The van der Waals surface area contributed by atoms with E-state index in [4.69, 9.17) is 0 Å². The number of anilines is 1. The van der Waals surface area contributed by atoms with E-state index in [9.17, 15) is 14.4 Å². The quantitative estimate of drug-likeness (QED) is 0.648. The summed E-state index contributed by atoms with van der Waals surface area (Å²) in [6, 6.07) is 5.55. The van der Waals surface area contributed by atoms with Crippen molar-refractivity contribution in [3.05, 3.63) is 29.3 Å². The summed E-state index contributed by atoms with van der Waals surface area (Å²) in [5.74, 6) is -0.284. The molecule has 0 aromatic heterocycles. The van der Waals surface area contributed by atoms with E-state index < -0.39 is 11.7 Å². The second-order valence-electron chi connectivity index (χ2n) is 9.39. The molecule has 2 fully saturated rings. The molecule has 32 heavy (non-hydrogen) atoms. The highest BCUT2D eigenvalue weighted by Gasteiger charge is 2.42. The molecule has 174 valence electrons. The highest BCUT2D eigenvalue weighted by Crippen LogP contribution is 2.32. The van der Waals surface area contributed by atoms with Gasteiger partial charge in [-0.2, -0.15) is 0 Å². The van der Waals surface area contributed by atoms with Crippen LogP contribution in [0.3, 0.4) is 0 Å². The third-order valence-electron chi connectivity index (χ3n) is 7.28. The number of fused-ring (bicyclic) bond motifs is 1. The van der Waals surface area contributed by atoms with E-state index in [-0.39, 0.29) is 24.1 Å². The zero-order valence-electron chi connectivity index (χ0n) is 19.4. The zero-order valence-corrected chi connectivity index (χ0v) is 19.4. The molecule has 3 aliphatic rings. The van der Waals surface area contributed by atoms with Gasteiger partial charge in [0.2, 0.25) is 11.8 Å². The molecule has 2 saturated heterocycles. The molecule has 0 unspecified atom stereocenters. The van der Waals surface area contributed by atoms with E-state index in [0.29, 0.717) is 37.5 Å². The Kier molecular flexibility index (Phi) is 6.42. The van der Waals surface area contributed by atoms with Gasteiger partial charge in [0.15, 0.2) is 0 Å². The first-order chi connectivity index (χ1) is 15.3. The number of amides is 3. The molecule has 4 rings (SSSR count). The van der Waals surface area contributed by atoms with Crippen LogP contribution in [-0.4, -0.2) is 71.4 Å². The van der Waals surface area contributed by atoms with Crippen LogP contribution >= 0.6 is 0 Å². The maximum atomic E-state index is 12.9. The zero-order chi connectivity index (χ0) is 22.9. The molecule has 3 amide bonds. The monoisotopic (exact) mass is 441 g/mol. The fourth-order valence-electron chi connectivity index (χ4n) is 5.27. The van der Waals surface area contributed by atoms with Crippen LogP contribution in [0.25, 0.3) is 0 Å². The summed E-state index contributed by atoms with van der Waals surface area (Å²) in [5.41, 5.74) is 1.82. The van der Waals surface area contributed by atoms with Crippen molar-refractivity contribution in [1.82, 2.24) is 20.4 Å². The Morgan fingerprint density at radius 2 is 2.06 bits per heavy atom. The average Bonchev–Trinajstić information content (AvgIpc) is 3.17. The molecule has 1 spiro atoms. The second kappa shape index (κ2) is 9.10. The first-order valence-corrected chi connectivity index (χ1v) is 11.8. The Morgan fingerprint density at radius 1 is 1.25 bits per heavy atom. The minimum Gasteiger partial charge on any atom is -0.362 e. The number of hydrogen-bond donors (Lipinski definition) is 3. The fraction of sp³-hybridized carbons (Fsp3) is 0.625. The van der Waals surface area contributed by atoms with Crippen molar-refractivity contribution in [1.29, 1.82) is 0 Å². The lowest BCUT2D eigenvalue weighted by Gasteiger charge is -2.40. The van der Waals surface area contributed by atoms with Gasteiger partial charge in [-0.25, -0.2) is 0 Å². The summed E-state index contributed by atoms with van der Waals surface area (Å²) in [4.78, 5) is 42.6. The Bertz CT molecular complexity index is 904. The lowest BCUT2D eigenvalue weighted by atomic mass is 9.94. The van der Waals surface area contributed by atoms with Gasteiger partial charge in [-0.05, 0) is 63.9 Å². The van der Waals surface area contributed by atoms with Crippen molar-refractivity contribution in [2.75, 3.05) is 31.5 Å². The molecule has 0 aliphatic carbocycles. The molecule has 0 bridgehead atoms. The largest absolute Gasteiger partial charge is 0.362 e. The summed E-state index contributed by atoms with van der Waals surface area (Å²) in [5, 5.41) is 9.65. The van der Waals surface area contributed by atoms with Crippen molar-refractivity contribution in [2.45, 2.75) is 70.6 Å². The van der Waals surface area contributed by atoms with Gasteiger partial charge in [-0.15, -0.1) is 0 Å². The van der Waals surface area contributed by atoms with Gasteiger partial charge in [0.1, 0.15) is 11.7 Å². The Morgan fingerprint density at radius 3 is 2.84 bits per heavy atom. The van der Waals surface area contributed by atoms with Crippen molar-refractivity contribution in [3.63, 3.8) is 0 Å². The molecule has 0 saturated carbocycles. The summed E-state index contributed by atoms with van der Waals surface area (Å²) >= 11 is 0. The van der Waals surface area contributed by atoms with Crippen LogP contribution in [0.4, 0.5) is 5.69 Å². The van der Waals surface area contributed by atoms with Crippen LogP contribution in [0.1, 0.15) is 61.9 Å². The van der Waals surface area contributed by atoms with Crippen LogP contribution < -0.4 is 16.0 Å². The molecule has 3 atom stereocenters. The molecule has 1 aromatic rings. The normalized spacial score (nSPS) is 26.8. The van der Waals surface area contributed by atoms with Gasteiger partial charge >= 0.3 is 0 Å². The lowest BCUT2D eigenvalue weighted by Crippen LogP contribution is -2.58. The average molecular weight is 442 g/mol. The Balaban J connectivity index is 1.40. The summed E-state index contributed by atoms with van der Waals surface area (Å²) in [6.07, 6.45) is 3.57. The number of carbonyl (C=O) groups excluding carboxylic acids is 3. The van der Waals surface area contributed by atoms with E-state index in [1.54, 1.807) is 11.8 Å². The number of carbonyl (C=O) groups is 3. The number of likely N-dealkylation sites (N-methyl/N-ethyl adjacent to an activating group) is 1. The standard InChI is InChI=1S/C24H35N5O3/c1-4-28-12-5-6-18(28)15-25-22(31)17(3)29-13-11-24(10-9-21(29)30)26-20-14-16(2)7-8-19(20)23(32)27-24/h7-8,14,17-18,26H,4-6,9-13,15H2,1-3H3,(H,25,31)(H,27,32)/t17-,18+,24+/m0/s1. The third kappa shape index (κ3) is 4.46. The molecular formula is C24H35N5O3. The van der Waals surface area contributed by atoms with Gasteiger partial charge in [0.05, 0.1) is 5.56 Å². The SMILES string of the molecule is CCN1CCC[C@@H]1CNC(=O)[C@H](C)N1CC[C@@]2(CCC1=O)NC(=O)c1ccc(C)cc1N2. The number of rotatable bonds is 5. The van der Waals surface area contributed by atoms with Crippen LogP contribution in [0, 0.1) is 6.92 Å². The number of hydrogen-bond acceptors (Lipinski definition) is 5. The molecule has 1 aromatic carbocycles. The smallest absolute Gasteiger partial charge is 0.255 e. The number of aryl methyl sites for hydroxylation is 1. The maximum absolute atomic E-state index is 12.9. The van der Waals surface area contributed by atoms with Crippen LogP contribution in [0.2, 0.25) is 0 Å². The number of nitrogens with zero attached hydrogens (tertiary/aromatic N) is 2. The molecule has 0 radical (unpaired) electrons. The van der Waals surface area contributed by atoms with Crippen molar-refractivity contribution in [3.8, 4) is 0 Å². The summed E-state index contributed by atoms with van der Waals surface area (Å²) in [7, 11) is 0. The number of benzene rings is 1. The molecular weight excluding hydrogens is 406 g/mol. The van der Waals surface area contributed by atoms with E-state index in [0.717, 1.165) is 37.2 Å². The summed E-state index contributed by atoms with van der Waals surface area (Å²) < 4.78 is 0. The minimum atomic E-state index is -0.677. The van der Waals surface area contributed by atoms with E-state index in [1.807, 2.05) is 25.1 Å². The fourth-order valence-corrected chi connectivity index (χ4v) is 5.27. The van der Waals surface area contributed by atoms with Crippen molar-refractivity contribution in [2.24, 2.45) is 0 Å². The molecule has 3 N–H and O–H groups in total. The maximum Gasteiger partial charge on any atom is 0.255 e. The lowest BCUT2D eigenvalue weighted by molar-refractivity contribution is -0.139. The topological polar surface area (TPSA) is 93.8 Å².